The maximum absolute atomic E-state index is 9.96. The van der Waals surface area contributed by atoms with E-state index in [1.165, 1.54) is 0 Å². The summed E-state index contributed by atoms with van der Waals surface area (Å²) >= 11 is 0. The summed E-state index contributed by atoms with van der Waals surface area (Å²) in [7, 11) is 1.58. The minimum atomic E-state index is -0.701. The van der Waals surface area contributed by atoms with Gasteiger partial charge in [0.25, 0.3) is 0 Å². The lowest BCUT2D eigenvalue weighted by atomic mass is 9.84. The molecule has 0 bridgehead atoms. The molecule has 0 aliphatic rings. The number of hydrogen-bond donors (Lipinski definition) is 2. The van der Waals surface area contributed by atoms with Crippen molar-refractivity contribution >= 4 is 0 Å². The van der Waals surface area contributed by atoms with Crippen LogP contribution in [0.3, 0.4) is 0 Å². The molecule has 0 amide bonds. The largest absolute Gasteiger partial charge is 0.396 e. The highest BCUT2D eigenvalue weighted by Crippen LogP contribution is 2.26. The zero-order chi connectivity index (χ0) is 15.4. The maximum atomic E-state index is 9.96. The Labute approximate surface area is 123 Å². The molecule has 0 radical (unpaired) electrons. The molecule has 0 aromatic rings. The predicted octanol–water partition coefficient (Wildman–Crippen LogP) is 1.60. The summed E-state index contributed by atoms with van der Waals surface area (Å²) in [6.07, 6.45) is 2.15. The Hall–Kier alpha value is -0.200. The van der Waals surface area contributed by atoms with Gasteiger partial charge in [-0.25, -0.2) is 0 Å². The van der Waals surface area contributed by atoms with Crippen molar-refractivity contribution in [2.75, 3.05) is 40.1 Å². The van der Waals surface area contributed by atoms with E-state index in [4.69, 9.17) is 14.2 Å². The van der Waals surface area contributed by atoms with E-state index in [1.807, 2.05) is 13.8 Å². The van der Waals surface area contributed by atoms with Gasteiger partial charge in [0.1, 0.15) is 0 Å². The summed E-state index contributed by atoms with van der Waals surface area (Å²) in [5.41, 5.74) is -0.701. The predicted molar refractivity (Wildman–Crippen MR) is 78.8 cm³/mol. The van der Waals surface area contributed by atoms with Gasteiger partial charge in [0.15, 0.2) is 0 Å². The van der Waals surface area contributed by atoms with Crippen molar-refractivity contribution < 1.29 is 24.4 Å². The molecule has 0 rings (SSSR count). The highest BCUT2D eigenvalue weighted by molar-refractivity contribution is 4.87. The Kier molecular flexibility index (Phi) is 11.3. The number of hydrogen-bond acceptors (Lipinski definition) is 5. The fourth-order valence-corrected chi connectivity index (χ4v) is 2.06. The molecule has 0 saturated carbocycles. The third kappa shape index (κ3) is 6.99. The Morgan fingerprint density at radius 1 is 1.10 bits per heavy atom. The molecule has 20 heavy (non-hydrogen) atoms. The minimum absolute atomic E-state index is 0.129. The van der Waals surface area contributed by atoms with E-state index in [9.17, 15) is 10.2 Å². The molecule has 2 N–H and O–H groups in total. The van der Waals surface area contributed by atoms with Gasteiger partial charge in [-0.3, -0.25) is 0 Å². The Morgan fingerprint density at radius 2 is 1.75 bits per heavy atom. The molecule has 0 aromatic heterocycles. The highest BCUT2D eigenvalue weighted by atomic mass is 16.6. The van der Waals surface area contributed by atoms with Gasteiger partial charge in [-0.05, 0) is 19.8 Å². The van der Waals surface area contributed by atoms with Crippen molar-refractivity contribution in [1.29, 1.82) is 0 Å². The summed E-state index contributed by atoms with van der Waals surface area (Å²) in [5, 5.41) is 19.4. The molecule has 0 saturated heterocycles. The van der Waals surface area contributed by atoms with Crippen LogP contribution in [0.15, 0.2) is 0 Å². The molecule has 3 unspecified atom stereocenters. The Balaban J connectivity index is 4.09. The smallest absolute Gasteiger partial charge is 0.0957 e. The normalized spacial score (nSPS) is 17.7. The monoisotopic (exact) mass is 292 g/mol. The van der Waals surface area contributed by atoms with Gasteiger partial charge in [-0.2, -0.15) is 0 Å². The van der Waals surface area contributed by atoms with Crippen molar-refractivity contribution in [3.8, 4) is 0 Å². The second-order valence-corrected chi connectivity index (χ2v) is 5.30. The molecule has 122 valence electrons. The van der Waals surface area contributed by atoms with E-state index in [1.54, 1.807) is 7.11 Å². The first-order chi connectivity index (χ1) is 9.55. The molecule has 5 nitrogen and oxygen atoms in total. The fourth-order valence-electron chi connectivity index (χ4n) is 2.06. The third-order valence-electron chi connectivity index (χ3n) is 3.73. The van der Waals surface area contributed by atoms with E-state index in [2.05, 4.69) is 6.92 Å². The number of aliphatic hydroxyl groups excluding tert-OH is 2. The Bertz CT molecular complexity index is 224. The first-order valence-corrected chi connectivity index (χ1v) is 7.55. The minimum Gasteiger partial charge on any atom is -0.396 e. The molecule has 0 aliphatic carbocycles. The van der Waals surface area contributed by atoms with Crippen LogP contribution < -0.4 is 0 Å². The van der Waals surface area contributed by atoms with Crippen molar-refractivity contribution in [2.24, 2.45) is 5.92 Å². The number of unbranched alkanes of at least 4 members (excludes halogenated alkanes) is 1. The van der Waals surface area contributed by atoms with Crippen molar-refractivity contribution in [1.82, 2.24) is 0 Å². The van der Waals surface area contributed by atoms with E-state index in [-0.39, 0.29) is 12.5 Å². The zero-order valence-electron chi connectivity index (χ0n) is 13.4. The number of methoxy groups -OCH3 is 1. The first kappa shape index (κ1) is 19.8. The van der Waals surface area contributed by atoms with E-state index < -0.39 is 11.7 Å². The van der Waals surface area contributed by atoms with Gasteiger partial charge in [-0.15, -0.1) is 0 Å². The topological polar surface area (TPSA) is 68.2 Å². The van der Waals surface area contributed by atoms with Gasteiger partial charge < -0.3 is 24.4 Å². The van der Waals surface area contributed by atoms with Crippen LogP contribution in [-0.2, 0) is 14.2 Å². The second kappa shape index (κ2) is 11.5. The van der Waals surface area contributed by atoms with Crippen LogP contribution in [0.1, 0.15) is 40.0 Å². The molecule has 0 fully saturated rings. The maximum Gasteiger partial charge on any atom is 0.0957 e. The molecule has 3 atom stereocenters. The molecular formula is C15H32O5. The van der Waals surface area contributed by atoms with Crippen LogP contribution in [0.5, 0.6) is 0 Å². The molecular weight excluding hydrogens is 260 g/mol. The molecule has 0 aromatic carbocycles. The lowest BCUT2D eigenvalue weighted by Crippen LogP contribution is -2.49. The van der Waals surface area contributed by atoms with Gasteiger partial charge in [0.2, 0.25) is 0 Å². The molecule has 5 heteroatoms. The zero-order valence-corrected chi connectivity index (χ0v) is 13.4. The third-order valence-corrected chi connectivity index (χ3v) is 3.73. The summed E-state index contributed by atoms with van der Waals surface area (Å²) in [6.45, 7) is 7.85. The van der Waals surface area contributed by atoms with Crippen molar-refractivity contribution in [3.63, 3.8) is 0 Å². The van der Waals surface area contributed by atoms with Crippen LogP contribution in [0.4, 0.5) is 0 Å². The lowest BCUT2D eigenvalue weighted by Gasteiger charge is -2.37. The first-order valence-electron chi connectivity index (χ1n) is 7.55. The summed E-state index contributed by atoms with van der Waals surface area (Å²) in [5.74, 6) is -0.362. The van der Waals surface area contributed by atoms with Crippen LogP contribution in [0.2, 0.25) is 0 Å². The number of ether oxygens (including phenoxy) is 3. The van der Waals surface area contributed by atoms with Crippen LogP contribution >= 0.6 is 0 Å². The summed E-state index contributed by atoms with van der Waals surface area (Å²) in [4.78, 5) is 0. The van der Waals surface area contributed by atoms with E-state index in [0.29, 0.717) is 26.2 Å². The van der Waals surface area contributed by atoms with Gasteiger partial charge in [0, 0.05) is 19.6 Å². The van der Waals surface area contributed by atoms with E-state index >= 15 is 0 Å². The molecule has 0 heterocycles. The second-order valence-electron chi connectivity index (χ2n) is 5.30. The SMILES string of the molecule is CCCCOCCOCC(C)(OC)C(CO)C(O)CC. The van der Waals surface area contributed by atoms with Crippen molar-refractivity contribution in [3.05, 3.63) is 0 Å². The fraction of sp³-hybridized carbons (Fsp3) is 1.00. The molecule has 0 spiro atoms. The quantitative estimate of drug-likeness (QED) is 0.505. The lowest BCUT2D eigenvalue weighted by molar-refractivity contribution is -0.142. The standard InChI is InChI=1S/C15H32O5/c1-5-7-8-19-9-10-20-12-15(3,18-4)13(11-16)14(17)6-2/h13-14,16-17H,5-12H2,1-4H3. The molecule has 0 aliphatic heterocycles. The highest BCUT2D eigenvalue weighted by Gasteiger charge is 2.38. The van der Waals surface area contributed by atoms with Gasteiger partial charge >= 0.3 is 0 Å². The van der Waals surface area contributed by atoms with Gasteiger partial charge in [0.05, 0.1) is 38.1 Å². The average Bonchev–Trinajstić information content (AvgIpc) is 2.46. The number of rotatable bonds is 13. The van der Waals surface area contributed by atoms with Crippen molar-refractivity contribution in [2.45, 2.75) is 51.7 Å². The van der Waals surface area contributed by atoms with E-state index in [0.717, 1.165) is 19.4 Å². The van der Waals surface area contributed by atoms with Crippen LogP contribution in [0.25, 0.3) is 0 Å². The Morgan fingerprint density at radius 3 is 2.25 bits per heavy atom. The van der Waals surface area contributed by atoms with Crippen LogP contribution in [-0.4, -0.2) is 62.1 Å². The van der Waals surface area contributed by atoms with Gasteiger partial charge in [-0.1, -0.05) is 20.3 Å². The average molecular weight is 292 g/mol. The summed E-state index contributed by atoms with van der Waals surface area (Å²) in [6, 6.07) is 0. The van der Waals surface area contributed by atoms with Crippen LogP contribution in [0, 0.1) is 5.92 Å². The summed E-state index contributed by atoms with van der Waals surface area (Å²) < 4.78 is 16.5. The number of aliphatic hydroxyl groups is 2.